The Morgan fingerprint density at radius 3 is 2.67 bits per heavy atom. The molecule has 0 spiro atoms. The van der Waals surface area contributed by atoms with Crippen molar-refractivity contribution in [3.8, 4) is 17.1 Å². The molecule has 0 aliphatic heterocycles. The van der Waals surface area contributed by atoms with Gasteiger partial charge in [0, 0.05) is 46.5 Å². The van der Waals surface area contributed by atoms with Gasteiger partial charge in [-0.1, -0.05) is 0 Å². The molecular formula is C18H21N5O. The number of ether oxygens (including phenoxy) is 1. The lowest BCUT2D eigenvalue weighted by atomic mass is 9.91. The van der Waals surface area contributed by atoms with Crippen molar-refractivity contribution in [1.82, 2.24) is 15.0 Å². The molecule has 0 aromatic carbocycles. The Morgan fingerprint density at radius 2 is 1.96 bits per heavy atom. The molecule has 0 bridgehead atoms. The van der Waals surface area contributed by atoms with Gasteiger partial charge in [0.15, 0.2) is 0 Å². The van der Waals surface area contributed by atoms with Gasteiger partial charge in [0.1, 0.15) is 0 Å². The number of nitrogens with zero attached hydrogens (tertiary/aromatic N) is 3. The molecule has 3 rings (SSSR count). The van der Waals surface area contributed by atoms with Crippen LogP contribution in [-0.2, 0) is 0 Å². The summed E-state index contributed by atoms with van der Waals surface area (Å²) >= 11 is 0. The van der Waals surface area contributed by atoms with E-state index in [9.17, 15) is 0 Å². The van der Waals surface area contributed by atoms with Gasteiger partial charge in [-0.3, -0.25) is 9.97 Å². The Labute approximate surface area is 140 Å². The summed E-state index contributed by atoms with van der Waals surface area (Å²) in [7, 11) is 1.59. The Balaban J connectivity index is 2.23. The molecule has 0 aliphatic carbocycles. The molecule has 6 heteroatoms. The number of pyridine rings is 3. The summed E-state index contributed by atoms with van der Waals surface area (Å²) in [5, 5.41) is 1.92. The monoisotopic (exact) mass is 323 g/mol. The minimum absolute atomic E-state index is 0.411. The van der Waals surface area contributed by atoms with Gasteiger partial charge in [-0.15, -0.1) is 0 Å². The highest BCUT2D eigenvalue weighted by molar-refractivity contribution is 5.87. The third kappa shape index (κ3) is 3.06. The van der Waals surface area contributed by atoms with Crippen LogP contribution in [0.2, 0.25) is 0 Å². The summed E-state index contributed by atoms with van der Waals surface area (Å²) in [5.74, 6) is 0.533. The van der Waals surface area contributed by atoms with Crippen LogP contribution in [0.1, 0.15) is 25.6 Å². The molecule has 124 valence electrons. The highest BCUT2D eigenvalue weighted by Crippen LogP contribution is 2.30. The quantitative estimate of drug-likeness (QED) is 0.765. The van der Waals surface area contributed by atoms with Crippen molar-refractivity contribution in [3.05, 3.63) is 48.5 Å². The van der Waals surface area contributed by atoms with Crippen LogP contribution in [0.25, 0.3) is 22.0 Å². The molecule has 1 atom stereocenters. The third-order valence-corrected chi connectivity index (χ3v) is 4.00. The maximum absolute atomic E-state index is 6.40. The molecule has 0 radical (unpaired) electrons. The van der Waals surface area contributed by atoms with E-state index in [0.717, 1.165) is 27.7 Å². The van der Waals surface area contributed by atoms with E-state index in [-0.39, 0.29) is 0 Å². The Morgan fingerprint density at radius 1 is 1.17 bits per heavy atom. The molecule has 0 aliphatic rings. The highest BCUT2D eigenvalue weighted by Gasteiger charge is 2.26. The Kier molecular flexibility index (Phi) is 4.17. The fraction of sp³-hybridized carbons (Fsp3) is 0.278. The van der Waals surface area contributed by atoms with Crippen LogP contribution in [-0.4, -0.2) is 27.6 Å². The Bertz CT molecular complexity index is 873. The summed E-state index contributed by atoms with van der Waals surface area (Å²) in [5.41, 5.74) is 14.5. The normalized spacial score (nSPS) is 13.0. The van der Waals surface area contributed by atoms with Crippen LogP contribution < -0.4 is 16.2 Å². The lowest BCUT2D eigenvalue weighted by molar-refractivity contribution is 0.398. The maximum atomic E-state index is 6.40. The van der Waals surface area contributed by atoms with Gasteiger partial charge in [-0.2, -0.15) is 0 Å². The van der Waals surface area contributed by atoms with Crippen LogP contribution in [0.5, 0.6) is 5.88 Å². The number of rotatable bonds is 4. The molecule has 24 heavy (non-hydrogen) atoms. The second kappa shape index (κ2) is 6.14. The molecule has 0 saturated heterocycles. The van der Waals surface area contributed by atoms with Crippen molar-refractivity contribution in [2.24, 2.45) is 11.5 Å². The first-order valence-electron chi connectivity index (χ1n) is 7.69. The number of nitrogens with two attached hydrogens (primary N) is 2. The third-order valence-electron chi connectivity index (χ3n) is 4.00. The van der Waals surface area contributed by atoms with E-state index in [1.807, 2.05) is 38.1 Å². The van der Waals surface area contributed by atoms with E-state index in [0.29, 0.717) is 5.88 Å². The zero-order valence-corrected chi connectivity index (χ0v) is 14.0. The van der Waals surface area contributed by atoms with E-state index in [1.165, 1.54) is 0 Å². The molecule has 3 aromatic heterocycles. The molecule has 3 aromatic rings. The van der Waals surface area contributed by atoms with Crippen molar-refractivity contribution in [2.75, 3.05) is 7.11 Å². The number of fused-ring (bicyclic) bond motifs is 1. The van der Waals surface area contributed by atoms with Crippen LogP contribution in [0, 0.1) is 0 Å². The average Bonchev–Trinajstić information content (AvgIpc) is 2.59. The van der Waals surface area contributed by atoms with E-state index in [2.05, 4.69) is 9.97 Å². The molecule has 6 nitrogen and oxygen atoms in total. The number of aromatic nitrogens is 3. The van der Waals surface area contributed by atoms with Crippen molar-refractivity contribution < 1.29 is 4.74 Å². The number of hydrogen-bond acceptors (Lipinski definition) is 6. The van der Waals surface area contributed by atoms with Crippen molar-refractivity contribution >= 4 is 10.8 Å². The van der Waals surface area contributed by atoms with Crippen LogP contribution in [0.4, 0.5) is 0 Å². The minimum Gasteiger partial charge on any atom is -0.481 e. The van der Waals surface area contributed by atoms with Crippen molar-refractivity contribution in [2.45, 2.75) is 25.4 Å². The van der Waals surface area contributed by atoms with Crippen LogP contribution >= 0.6 is 0 Å². The second-order valence-corrected chi connectivity index (χ2v) is 6.38. The van der Waals surface area contributed by atoms with Gasteiger partial charge >= 0.3 is 0 Å². The summed E-state index contributed by atoms with van der Waals surface area (Å²) in [6, 6.07) is 7.21. The van der Waals surface area contributed by atoms with Gasteiger partial charge < -0.3 is 16.2 Å². The summed E-state index contributed by atoms with van der Waals surface area (Å²) in [4.78, 5) is 13.1. The fourth-order valence-electron chi connectivity index (χ4n) is 2.54. The van der Waals surface area contributed by atoms with Crippen molar-refractivity contribution in [1.29, 1.82) is 0 Å². The summed E-state index contributed by atoms with van der Waals surface area (Å²) < 4.78 is 5.20. The lowest BCUT2D eigenvalue weighted by Crippen LogP contribution is -2.44. The standard InChI is InChI=1S/C18H21N5O/c1-18(2,20)17(19)16-13-5-6-21-10-12(13)8-14(23-16)11-4-7-22-15(9-11)24-3/h4-10,17H,19-20H2,1-3H3. The molecule has 0 fully saturated rings. The van der Waals surface area contributed by atoms with Crippen LogP contribution in [0.15, 0.2) is 42.9 Å². The lowest BCUT2D eigenvalue weighted by Gasteiger charge is -2.27. The first-order chi connectivity index (χ1) is 11.4. The maximum Gasteiger partial charge on any atom is 0.213 e. The predicted molar refractivity (Wildman–Crippen MR) is 94.5 cm³/mol. The summed E-state index contributed by atoms with van der Waals surface area (Å²) in [6.07, 6.45) is 5.23. The largest absolute Gasteiger partial charge is 0.481 e. The molecule has 0 amide bonds. The van der Waals surface area contributed by atoms with Gasteiger partial charge in [-0.05, 0) is 32.0 Å². The van der Waals surface area contributed by atoms with Gasteiger partial charge in [0.05, 0.1) is 24.5 Å². The minimum atomic E-state index is -0.599. The molecule has 4 N–H and O–H groups in total. The van der Waals surface area contributed by atoms with E-state index >= 15 is 0 Å². The molecular weight excluding hydrogens is 302 g/mol. The zero-order chi connectivity index (χ0) is 17.3. The van der Waals surface area contributed by atoms with Gasteiger partial charge in [-0.25, -0.2) is 4.98 Å². The number of hydrogen-bond donors (Lipinski definition) is 2. The van der Waals surface area contributed by atoms with Crippen LogP contribution in [0.3, 0.4) is 0 Å². The van der Waals surface area contributed by atoms with Gasteiger partial charge in [0.25, 0.3) is 0 Å². The first-order valence-corrected chi connectivity index (χ1v) is 7.69. The average molecular weight is 323 g/mol. The van der Waals surface area contributed by atoms with E-state index in [4.69, 9.17) is 21.2 Å². The molecule has 3 heterocycles. The second-order valence-electron chi connectivity index (χ2n) is 6.38. The molecule has 1 unspecified atom stereocenters. The number of methoxy groups -OCH3 is 1. The van der Waals surface area contributed by atoms with E-state index in [1.54, 1.807) is 25.7 Å². The summed E-state index contributed by atoms with van der Waals surface area (Å²) in [6.45, 7) is 3.79. The SMILES string of the molecule is COc1cc(-c2cc3cnccc3c(C(N)C(C)(C)N)n2)ccn1. The zero-order valence-electron chi connectivity index (χ0n) is 14.0. The first kappa shape index (κ1) is 16.3. The highest BCUT2D eigenvalue weighted by atomic mass is 16.5. The topological polar surface area (TPSA) is 99.9 Å². The smallest absolute Gasteiger partial charge is 0.213 e. The molecule has 0 saturated carbocycles. The fourth-order valence-corrected chi connectivity index (χ4v) is 2.54. The van der Waals surface area contributed by atoms with E-state index < -0.39 is 11.6 Å². The van der Waals surface area contributed by atoms with Gasteiger partial charge in [0.2, 0.25) is 5.88 Å². The Hall–Kier alpha value is -2.57. The van der Waals surface area contributed by atoms with Crippen molar-refractivity contribution in [3.63, 3.8) is 0 Å². The predicted octanol–water partition coefficient (Wildman–Crippen LogP) is 2.44.